The van der Waals surface area contributed by atoms with Crippen molar-refractivity contribution in [2.24, 2.45) is 0 Å². The number of amides is 3. The summed E-state index contributed by atoms with van der Waals surface area (Å²) in [5.74, 6) is 0.775. The molecule has 0 aliphatic carbocycles. The molecule has 1 heterocycles. The van der Waals surface area contributed by atoms with E-state index in [1.807, 2.05) is 13.0 Å². The minimum Gasteiger partial charge on any atom is -0.493 e. The minimum atomic E-state index is -0.535. The molecule has 1 unspecified atom stereocenters. The van der Waals surface area contributed by atoms with Gasteiger partial charge in [-0.3, -0.25) is 14.4 Å². The van der Waals surface area contributed by atoms with Gasteiger partial charge in [0.05, 0.1) is 19.5 Å². The van der Waals surface area contributed by atoms with Crippen molar-refractivity contribution in [2.45, 2.75) is 30.4 Å². The number of aryl methyl sites for hydroxylation is 1. The van der Waals surface area contributed by atoms with Crippen molar-refractivity contribution in [3.63, 3.8) is 0 Å². The van der Waals surface area contributed by atoms with Crippen LogP contribution in [-0.4, -0.2) is 42.3 Å². The highest BCUT2D eigenvalue weighted by Gasteiger charge is 2.20. The van der Waals surface area contributed by atoms with E-state index in [2.05, 4.69) is 21.1 Å². The number of carbonyl (C=O) groups excluding carboxylic acids is 3. The topological polar surface area (TPSA) is 132 Å². The van der Waals surface area contributed by atoms with Crippen molar-refractivity contribution in [3.8, 4) is 11.5 Å². The van der Waals surface area contributed by atoms with Crippen LogP contribution >= 0.6 is 11.8 Å². The molecule has 0 bridgehead atoms. The second-order valence-corrected chi connectivity index (χ2v) is 10.6. The summed E-state index contributed by atoms with van der Waals surface area (Å²) in [7, 11) is 3.05. The summed E-state index contributed by atoms with van der Waals surface area (Å²) >= 11 is 1.36. The Labute approximate surface area is 253 Å². The monoisotopic (exact) mass is 600 g/mol. The average molecular weight is 601 g/mol. The fourth-order valence-electron chi connectivity index (χ4n) is 4.02. The maximum absolute atomic E-state index is 13.5. The van der Waals surface area contributed by atoms with Crippen LogP contribution in [0.1, 0.15) is 35.0 Å². The van der Waals surface area contributed by atoms with Gasteiger partial charge in [0.1, 0.15) is 11.5 Å². The van der Waals surface area contributed by atoms with Crippen LogP contribution in [0.25, 0.3) is 6.08 Å². The number of anilines is 2. The lowest BCUT2D eigenvalue weighted by molar-refractivity contribution is -0.116. The fourth-order valence-corrected chi connectivity index (χ4v) is 5.03. The van der Waals surface area contributed by atoms with Gasteiger partial charge in [0.25, 0.3) is 11.8 Å². The van der Waals surface area contributed by atoms with E-state index in [1.165, 1.54) is 26.0 Å². The lowest BCUT2D eigenvalue weighted by Gasteiger charge is -2.15. The number of hydrogen-bond donors (Lipinski definition) is 3. The Kier molecular flexibility index (Phi) is 10.6. The van der Waals surface area contributed by atoms with E-state index < -0.39 is 17.1 Å². The zero-order valence-corrected chi connectivity index (χ0v) is 25.0. The first-order chi connectivity index (χ1) is 20.8. The van der Waals surface area contributed by atoms with Gasteiger partial charge in [-0.05, 0) is 67.4 Å². The minimum absolute atomic E-state index is 0.0212. The number of ether oxygens (including phenoxy) is 2. The Morgan fingerprint density at radius 2 is 1.70 bits per heavy atom. The molecule has 11 heteroatoms. The van der Waals surface area contributed by atoms with Gasteiger partial charge in [-0.15, -0.1) is 11.8 Å². The molecule has 43 heavy (non-hydrogen) atoms. The van der Waals surface area contributed by atoms with Crippen LogP contribution in [0.3, 0.4) is 0 Å². The number of rotatable bonds is 12. The first-order valence-corrected chi connectivity index (χ1v) is 14.3. The molecule has 10 nitrogen and oxygen atoms in total. The van der Waals surface area contributed by atoms with Crippen LogP contribution in [0.4, 0.5) is 11.5 Å². The molecule has 3 aromatic carbocycles. The summed E-state index contributed by atoms with van der Waals surface area (Å²) in [6.45, 7) is 3.66. The predicted octanol–water partition coefficient (Wildman–Crippen LogP) is 5.92. The number of thioether (sulfide) groups is 1. The van der Waals surface area contributed by atoms with Gasteiger partial charge in [0.15, 0.2) is 17.3 Å². The van der Waals surface area contributed by atoms with Gasteiger partial charge in [-0.1, -0.05) is 42.4 Å². The van der Waals surface area contributed by atoms with Crippen molar-refractivity contribution in [3.05, 3.63) is 101 Å². The van der Waals surface area contributed by atoms with E-state index >= 15 is 0 Å². The Bertz CT molecular complexity index is 1620. The Morgan fingerprint density at radius 3 is 2.37 bits per heavy atom. The average Bonchev–Trinajstić information content (AvgIpc) is 3.43. The molecule has 0 saturated heterocycles. The zero-order valence-electron chi connectivity index (χ0n) is 24.2. The molecule has 0 fully saturated rings. The molecule has 1 aromatic heterocycles. The number of hydrogen-bond acceptors (Lipinski definition) is 8. The van der Waals surface area contributed by atoms with E-state index in [0.29, 0.717) is 46.3 Å². The van der Waals surface area contributed by atoms with E-state index in [4.69, 9.17) is 14.0 Å². The van der Waals surface area contributed by atoms with E-state index in [1.54, 1.807) is 85.8 Å². The third-order valence-corrected chi connectivity index (χ3v) is 7.52. The smallest absolute Gasteiger partial charge is 0.272 e. The lowest BCUT2D eigenvalue weighted by Crippen LogP contribution is -2.30. The van der Waals surface area contributed by atoms with E-state index in [9.17, 15) is 14.4 Å². The van der Waals surface area contributed by atoms with Crippen LogP contribution in [0.2, 0.25) is 0 Å². The first kappa shape index (κ1) is 30.9. The molecule has 3 N–H and O–H groups in total. The van der Waals surface area contributed by atoms with Crippen LogP contribution in [0.15, 0.2) is 94.0 Å². The van der Waals surface area contributed by atoms with Crippen molar-refractivity contribution in [1.82, 2.24) is 10.5 Å². The number of nitrogens with one attached hydrogen (secondary N) is 3. The van der Waals surface area contributed by atoms with Crippen LogP contribution in [0.5, 0.6) is 11.5 Å². The van der Waals surface area contributed by atoms with Crippen molar-refractivity contribution < 1.29 is 28.4 Å². The molecular weight excluding hydrogens is 568 g/mol. The van der Waals surface area contributed by atoms with Gasteiger partial charge in [0, 0.05) is 22.2 Å². The van der Waals surface area contributed by atoms with Gasteiger partial charge in [-0.25, -0.2) is 0 Å². The highest BCUT2D eigenvalue weighted by atomic mass is 32.2. The summed E-state index contributed by atoms with van der Waals surface area (Å²) in [6.07, 6.45) is 2.12. The largest absolute Gasteiger partial charge is 0.493 e. The maximum Gasteiger partial charge on any atom is 0.272 e. The molecule has 3 amide bonds. The SMILES string of the molecule is CCC(Sc1cccc(NC(=O)/C(=C\c2ccc(OC)c(OC)c2)NC(=O)c2ccccc2)c1)C(=O)Nc1cc(C)on1. The summed E-state index contributed by atoms with van der Waals surface area (Å²) in [5, 5.41) is 11.8. The molecule has 0 saturated carbocycles. The molecule has 222 valence electrons. The highest BCUT2D eigenvalue weighted by Crippen LogP contribution is 2.30. The van der Waals surface area contributed by atoms with Crippen LogP contribution in [-0.2, 0) is 9.59 Å². The third-order valence-electron chi connectivity index (χ3n) is 6.16. The summed E-state index contributed by atoms with van der Waals surface area (Å²) in [4.78, 5) is 40.1. The number of benzene rings is 3. The normalized spacial score (nSPS) is 11.8. The maximum atomic E-state index is 13.5. The highest BCUT2D eigenvalue weighted by molar-refractivity contribution is 8.00. The molecule has 4 aromatic rings. The lowest BCUT2D eigenvalue weighted by atomic mass is 10.1. The predicted molar refractivity (Wildman–Crippen MR) is 166 cm³/mol. The summed E-state index contributed by atoms with van der Waals surface area (Å²) in [6, 6.07) is 22.6. The Hall–Kier alpha value is -5.03. The van der Waals surface area contributed by atoms with Gasteiger partial charge >= 0.3 is 0 Å². The second-order valence-electron chi connectivity index (χ2n) is 9.30. The van der Waals surface area contributed by atoms with E-state index in [0.717, 1.165) is 4.90 Å². The number of carbonyl (C=O) groups is 3. The second kappa shape index (κ2) is 14.7. The van der Waals surface area contributed by atoms with Gasteiger partial charge in [0.2, 0.25) is 5.91 Å². The number of methoxy groups -OCH3 is 2. The fraction of sp³-hybridized carbons (Fsp3) is 0.188. The molecule has 0 radical (unpaired) electrons. The summed E-state index contributed by atoms with van der Waals surface area (Å²) in [5.41, 5.74) is 1.52. The first-order valence-electron chi connectivity index (χ1n) is 13.4. The van der Waals surface area contributed by atoms with Crippen molar-refractivity contribution in [2.75, 3.05) is 24.9 Å². The molecule has 0 aliphatic rings. The Balaban J connectivity index is 1.54. The molecule has 1 atom stereocenters. The number of nitrogens with zero attached hydrogens (tertiary/aromatic N) is 1. The quantitative estimate of drug-likeness (QED) is 0.135. The van der Waals surface area contributed by atoms with Crippen molar-refractivity contribution >= 4 is 47.1 Å². The van der Waals surface area contributed by atoms with Crippen LogP contribution < -0.4 is 25.4 Å². The molecule has 0 aliphatic heterocycles. The van der Waals surface area contributed by atoms with Gasteiger partial charge < -0.3 is 29.9 Å². The molecule has 4 rings (SSSR count). The van der Waals surface area contributed by atoms with Crippen molar-refractivity contribution in [1.29, 1.82) is 0 Å². The van der Waals surface area contributed by atoms with E-state index in [-0.39, 0.29) is 11.6 Å². The van der Waals surface area contributed by atoms with Gasteiger partial charge in [-0.2, -0.15) is 0 Å². The third kappa shape index (κ3) is 8.49. The standard InChI is InChI=1S/C32H32N4O6S/c1-5-28(32(39)35-29-16-20(2)42-36-29)43-24-13-9-12-23(19-24)33-31(38)25(34-30(37)22-10-7-6-8-11-22)17-21-14-15-26(40-3)27(18-21)41-4/h6-19,28H,5H2,1-4H3,(H,33,38)(H,34,37)(H,35,36,39)/b25-17+. The molecule has 0 spiro atoms. The summed E-state index contributed by atoms with van der Waals surface area (Å²) < 4.78 is 15.7. The Morgan fingerprint density at radius 1 is 0.930 bits per heavy atom. The zero-order chi connectivity index (χ0) is 30.8. The van der Waals surface area contributed by atoms with Crippen LogP contribution in [0, 0.1) is 6.92 Å². The molecular formula is C32H32N4O6S. The number of aromatic nitrogens is 1.